The molecule has 0 aliphatic carbocycles. The number of nitrogens with two attached hydrogens (primary N) is 1. The van der Waals surface area contributed by atoms with E-state index < -0.39 is 10.3 Å². The number of rotatable bonds is 4. The van der Waals surface area contributed by atoms with Gasteiger partial charge in [0, 0.05) is 18.4 Å². The standard InChI is InChI=1S/C11H17NO2S/c1-14-15(2,3)8-9-5-4-6-10(7-9)11(12)13/h4-7H,8H2,1-3H3,(H2,12,13). The fourth-order valence-corrected chi connectivity index (χ4v) is 2.37. The zero-order valence-corrected chi connectivity index (χ0v) is 10.1. The van der Waals surface area contributed by atoms with Crippen LogP contribution >= 0.6 is 10.3 Å². The van der Waals surface area contributed by atoms with Crippen molar-refractivity contribution in [2.75, 3.05) is 19.6 Å². The minimum absolute atomic E-state index is 0.387. The zero-order chi connectivity index (χ0) is 11.5. The highest BCUT2D eigenvalue weighted by atomic mass is 32.3. The Balaban J connectivity index is 2.87. The summed E-state index contributed by atoms with van der Waals surface area (Å²) >= 11 is 0. The number of benzene rings is 1. The quantitative estimate of drug-likeness (QED) is 0.854. The van der Waals surface area contributed by atoms with E-state index in [-0.39, 0.29) is 5.91 Å². The maximum Gasteiger partial charge on any atom is 0.248 e. The number of primary amides is 1. The van der Waals surface area contributed by atoms with Crippen LogP contribution in [0.25, 0.3) is 0 Å². The lowest BCUT2D eigenvalue weighted by Crippen LogP contribution is -2.11. The molecule has 2 N–H and O–H groups in total. The number of carbonyl (C=O) groups is 1. The van der Waals surface area contributed by atoms with Gasteiger partial charge in [0.15, 0.2) is 0 Å². The number of hydrogen-bond donors (Lipinski definition) is 1. The van der Waals surface area contributed by atoms with Crippen molar-refractivity contribution >= 4 is 16.2 Å². The Morgan fingerprint density at radius 2 is 2.13 bits per heavy atom. The number of carbonyl (C=O) groups excluding carboxylic acids is 1. The maximum atomic E-state index is 11.0. The van der Waals surface area contributed by atoms with Gasteiger partial charge in [0.25, 0.3) is 0 Å². The molecule has 1 aromatic rings. The van der Waals surface area contributed by atoms with Gasteiger partial charge in [-0.15, -0.1) is 10.3 Å². The van der Waals surface area contributed by atoms with E-state index in [0.717, 1.165) is 11.3 Å². The first kappa shape index (κ1) is 12.1. The Kier molecular flexibility index (Phi) is 3.77. The van der Waals surface area contributed by atoms with Gasteiger partial charge < -0.3 is 9.92 Å². The van der Waals surface area contributed by atoms with Crippen LogP contribution in [0.3, 0.4) is 0 Å². The first-order chi connectivity index (χ1) is 6.94. The summed E-state index contributed by atoms with van der Waals surface area (Å²) in [5.41, 5.74) is 6.86. The van der Waals surface area contributed by atoms with Gasteiger partial charge in [-0.1, -0.05) is 12.1 Å². The smallest absolute Gasteiger partial charge is 0.248 e. The summed E-state index contributed by atoms with van der Waals surface area (Å²) in [7, 11) is 0.648. The number of amides is 1. The minimum Gasteiger partial charge on any atom is -0.366 e. The summed E-state index contributed by atoms with van der Waals surface area (Å²) < 4.78 is 5.41. The summed E-state index contributed by atoms with van der Waals surface area (Å²) in [6.07, 6.45) is 4.17. The van der Waals surface area contributed by atoms with Gasteiger partial charge in [-0.05, 0) is 30.2 Å². The van der Waals surface area contributed by atoms with Crippen molar-refractivity contribution in [2.24, 2.45) is 5.73 Å². The average Bonchev–Trinajstić information content (AvgIpc) is 2.17. The van der Waals surface area contributed by atoms with Crippen LogP contribution in [0.15, 0.2) is 24.3 Å². The summed E-state index contributed by atoms with van der Waals surface area (Å²) in [5.74, 6) is 0.451. The molecule has 0 bridgehead atoms. The predicted molar refractivity (Wildman–Crippen MR) is 65.1 cm³/mol. The van der Waals surface area contributed by atoms with Crippen molar-refractivity contribution < 1.29 is 8.98 Å². The molecule has 1 amide bonds. The van der Waals surface area contributed by atoms with E-state index in [1.165, 1.54) is 0 Å². The van der Waals surface area contributed by atoms with Crippen LogP contribution in [-0.2, 0) is 9.94 Å². The number of hydrogen-bond acceptors (Lipinski definition) is 2. The molecule has 0 radical (unpaired) electrons. The van der Waals surface area contributed by atoms with E-state index >= 15 is 0 Å². The highest BCUT2D eigenvalue weighted by Crippen LogP contribution is 2.43. The highest BCUT2D eigenvalue weighted by Gasteiger charge is 2.11. The largest absolute Gasteiger partial charge is 0.366 e. The lowest BCUT2D eigenvalue weighted by atomic mass is 10.1. The minimum atomic E-state index is -1.07. The Hall–Kier alpha value is -1.00. The van der Waals surface area contributed by atoms with Gasteiger partial charge >= 0.3 is 0 Å². The molecule has 0 spiro atoms. The molecule has 1 aromatic carbocycles. The monoisotopic (exact) mass is 227 g/mol. The van der Waals surface area contributed by atoms with Crippen LogP contribution in [0.1, 0.15) is 15.9 Å². The third kappa shape index (κ3) is 3.57. The molecule has 0 atom stereocenters. The maximum absolute atomic E-state index is 11.0. The van der Waals surface area contributed by atoms with Crippen LogP contribution in [0.4, 0.5) is 0 Å². The summed E-state index contributed by atoms with van der Waals surface area (Å²) in [6.45, 7) is 0. The van der Waals surface area contributed by atoms with Crippen molar-refractivity contribution in [2.45, 2.75) is 5.75 Å². The van der Waals surface area contributed by atoms with Crippen molar-refractivity contribution in [1.29, 1.82) is 0 Å². The lowest BCUT2D eigenvalue weighted by molar-refractivity contribution is 0.1000. The van der Waals surface area contributed by atoms with Gasteiger partial charge in [-0.2, -0.15) is 0 Å². The summed E-state index contributed by atoms with van der Waals surface area (Å²) in [4.78, 5) is 11.0. The molecule has 3 nitrogen and oxygen atoms in total. The molecule has 15 heavy (non-hydrogen) atoms. The molecule has 0 aliphatic heterocycles. The first-order valence-corrected chi connectivity index (χ1v) is 7.14. The van der Waals surface area contributed by atoms with Crippen LogP contribution in [0, 0.1) is 0 Å². The predicted octanol–water partition coefficient (Wildman–Crippen LogP) is 1.91. The molecule has 4 heteroatoms. The fraction of sp³-hybridized carbons (Fsp3) is 0.364. The summed E-state index contributed by atoms with van der Waals surface area (Å²) in [5, 5.41) is 0. The molecule has 0 aromatic heterocycles. The van der Waals surface area contributed by atoms with Gasteiger partial charge in [0.1, 0.15) is 0 Å². The van der Waals surface area contributed by atoms with Crippen molar-refractivity contribution in [3.05, 3.63) is 35.4 Å². The van der Waals surface area contributed by atoms with Crippen LogP contribution < -0.4 is 5.73 Å². The molecule has 0 fully saturated rings. The molecule has 0 unspecified atom stereocenters. The summed E-state index contributed by atoms with van der Waals surface area (Å²) in [6, 6.07) is 7.39. The zero-order valence-electron chi connectivity index (χ0n) is 9.32. The van der Waals surface area contributed by atoms with E-state index in [1.54, 1.807) is 13.2 Å². The van der Waals surface area contributed by atoms with Gasteiger partial charge in [0.05, 0.1) is 0 Å². The molecule has 1 rings (SSSR count). The van der Waals surface area contributed by atoms with E-state index in [4.69, 9.17) is 9.92 Å². The van der Waals surface area contributed by atoms with Crippen LogP contribution in [0.5, 0.6) is 0 Å². The Morgan fingerprint density at radius 1 is 1.47 bits per heavy atom. The molecule has 84 valence electrons. The SMILES string of the molecule is COS(C)(C)Cc1cccc(C(N)=O)c1. The van der Waals surface area contributed by atoms with Crippen molar-refractivity contribution in [3.8, 4) is 0 Å². The molecular formula is C11H17NO2S. The van der Waals surface area contributed by atoms with Crippen LogP contribution in [-0.4, -0.2) is 25.5 Å². The normalized spacial score (nSPS) is 12.5. The van der Waals surface area contributed by atoms with Gasteiger partial charge in [0.2, 0.25) is 5.91 Å². The second-order valence-corrected chi connectivity index (χ2v) is 7.31. The van der Waals surface area contributed by atoms with Gasteiger partial charge in [-0.25, -0.2) is 0 Å². The van der Waals surface area contributed by atoms with E-state index in [0.29, 0.717) is 5.56 Å². The lowest BCUT2D eigenvalue weighted by Gasteiger charge is -2.29. The Morgan fingerprint density at radius 3 is 2.67 bits per heavy atom. The Bertz CT molecular complexity index is 363. The molecule has 0 heterocycles. The molecule has 0 saturated carbocycles. The molecule has 0 saturated heterocycles. The fourth-order valence-electron chi connectivity index (χ4n) is 1.27. The Labute approximate surface area is 92.1 Å². The van der Waals surface area contributed by atoms with Crippen LogP contribution in [0.2, 0.25) is 0 Å². The highest BCUT2D eigenvalue weighted by molar-refractivity contribution is 8.28. The topological polar surface area (TPSA) is 52.3 Å². The average molecular weight is 227 g/mol. The molecule has 0 aliphatic rings. The first-order valence-electron chi connectivity index (χ1n) is 4.60. The third-order valence-electron chi connectivity index (χ3n) is 2.18. The van der Waals surface area contributed by atoms with Gasteiger partial charge in [-0.3, -0.25) is 4.79 Å². The van der Waals surface area contributed by atoms with E-state index in [1.807, 2.05) is 18.2 Å². The van der Waals surface area contributed by atoms with Crippen molar-refractivity contribution in [1.82, 2.24) is 0 Å². The third-order valence-corrected chi connectivity index (χ3v) is 4.11. The van der Waals surface area contributed by atoms with E-state index in [9.17, 15) is 4.79 Å². The second kappa shape index (κ2) is 4.68. The van der Waals surface area contributed by atoms with Crippen molar-refractivity contribution in [3.63, 3.8) is 0 Å². The second-order valence-electron chi connectivity index (χ2n) is 3.81. The molecular weight excluding hydrogens is 210 g/mol. The van der Waals surface area contributed by atoms with E-state index in [2.05, 4.69) is 12.5 Å².